The molecule has 0 atom stereocenters. The third-order valence-corrected chi connectivity index (χ3v) is 6.49. The van der Waals surface area contributed by atoms with Crippen LogP contribution in [0.3, 0.4) is 0 Å². The number of fused-ring (bicyclic) bond motifs is 1. The molecule has 0 aliphatic carbocycles. The van der Waals surface area contributed by atoms with E-state index in [0.717, 1.165) is 62.5 Å². The monoisotopic (exact) mass is 480 g/mol. The minimum absolute atomic E-state index is 0.308. The van der Waals surface area contributed by atoms with Gasteiger partial charge in [0.2, 0.25) is 0 Å². The van der Waals surface area contributed by atoms with Crippen LogP contribution in [0.1, 0.15) is 35.1 Å². The molecule has 0 amide bonds. The number of carboxylic acid groups (broad SMARTS) is 1. The summed E-state index contributed by atoms with van der Waals surface area (Å²) in [6.45, 7) is 2.87. The summed E-state index contributed by atoms with van der Waals surface area (Å²) in [4.78, 5) is 16.6. The summed E-state index contributed by atoms with van der Waals surface area (Å²) < 4.78 is 2.28. The van der Waals surface area contributed by atoms with Crippen molar-refractivity contribution in [3.05, 3.63) is 113 Å². The molecule has 0 spiro atoms. The number of aryl methyl sites for hydroxylation is 1. The van der Waals surface area contributed by atoms with E-state index in [9.17, 15) is 9.90 Å². The minimum Gasteiger partial charge on any atom is -0.478 e. The van der Waals surface area contributed by atoms with Crippen molar-refractivity contribution < 1.29 is 9.90 Å². The Hall–Kier alpha value is -3.89. The van der Waals surface area contributed by atoms with Gasteiger partial charge in [-0.1, -0.05) is 79.2 Å². The van der Waals surface area contributed by atoms with Crippen LogP contribution in [0.2, 0.25) is 5.02 Å². The fraction of sp³-hybridized carbons (Fsp3) is 0.133. The third kappa shape index (κ3) is 4.71. The molecular weight excluding hydrogens is 456 g/mol. The Bertz CT molecular complexity index is 1500. The largest absolute Gasteiger partial charge is 0.478 e. The van der Waals surface area contributed by atoms with Gasteiger partial charge >= 0.3 is 5.97 Å². The van der Waals surface area contributed by atoms with Gasteiger partial charge in [0.05, 0.1) is 16.6 Å². The van der Waals surface area contributed by atoms with Crippen molar-refractivity contribution in [1.82, 2.24) is 9.55 Å². The first-order valence-electron chi connectivity index (χ1n) is 11.7. The highest BCUT2D eigenvalue weighted by Gasteiger charge is 2.14. The van der Waals surface area contributed by atoms with E-state index < -0.39 is 5.97 Å². The van der Waals surface area contributed by atoms with E-state index in [1.54, 1.807) is 12.1 Å². The topological polar surface area (TPSA) is 55.1 Å². The molecule has 5 heteroatoms. The highest BCUT2D eigenvalue weighted by Crippen LogP contribution is 2.28. The first-order chi connectivity index (χ1) is 17.0. The predicted molar refractivity (Wildman–Crippen MR) is 142 cm³/mol. The maximum absolute atomic E-state index is 11.6. The van der Waals surface area contributed by atoms with Gasteiger partial charge in [-0.3, -0.25) is 0 Å². The van der Waals surface area contributed by atoms with Crippen molar-refractivity contribution >= 4 is 28.6 Å². The second-order valence-corrected chi connectivity index (χ2v) is 9.06. The standard InChI is InChI=1S/C30H25ClN2O2/c1-2-5-29-32-27-18-23(21-12-15-24(31)16-13-21)14-17-28(27)33(29)19-20-8-10-22(11-9-20)25-6-3-4-7-26(25)30(34)35/h3-4,6-18H,2,5,19H2,1H3,(H,34,35). The van der Waals surface area contributed by atoms with Crippen LogP contribution in [0.25, 0.3) is 33.3 Å². The summed E-state index contributed by atoms with van der Waals surface area (Å²) in [6, 6.07) is 29.5. The number of aromatic nitrogens is 2. The summed E-state index contributed by atoms with van der Waals surface area (Å²) in [7, 11) is 0. The number of nitrogens with zero attached hydrogens (tertiary/aromatic N) is 2. The van der Waals surface area contributed by atoms with Crippen LogP contribution in [-0.4, -0.2) is 20.6 Å². The lowest BCUT2D eigenvalue weighted by molar-refractivity contribution is 0.0697. The molecule has 1 heterocycles. The third-order valence-electron chi connectivity index (χ3n) is 6.24. The molecule has 5 aromatic rings. The van der Waals surface area contributed by atoms with Crippen LogP contribution in [-0.2, 0) is 13.0 Å². The van der Waals surface area contributed by atoms with Gasteiger partial charge < -0.3 is 9.67 Å². The Kier molecular flexibility index (Phi) is 6.39. The average molecular weight is 481 g/mol. The molecule has 0 bridgehead atoms. The van der Waals surface area contributed by atoms with E-state index in [4.69, 9.17) is 16.6 Å². The van der Waals surface area contributed by atoms with Crippen molar-refractivity contribution in [2.75, 3.05) is 0 Å². The SMILES string of the molecule is CCCc1nc2cc(-c3ccc(Cl)cc3)ccc2n1Cc1ccc(-c2ccccc2C(=O)O)cc1. The Morgan fingerprint density at radius 1 is 0.886 bits per heavy atom. The van der Waals surface area contributed by atoms with Gasteiger partial charge in [0, 0.05) is 18.0 Å². The number of carboxylic acids is 1. The van der Waals surface area contributed by atoms with E-state index in [0.29, 0.717) is 12.1 Å². The number of rotatable bonds is 7. The van der Waals surface area contributed by atoms with Gasteiger partial charge in [-0.15, -0.1) is 0 Å². The quantitative estimate of drug-likeness (QED) is 0.259. The molecule has 4 nitrogen and oxygen atoms in total. The van der Waals surface area contributed by atoms with Gasteiger partial charge in [-0.05, 0) is 64.6 Å². The maximum Gasteiger partial charge on any atom is 0.336 e. The fourth-order valence-corrected chi connectivity index (χ4v) is 4.61. The van der Waals surface area contributed by atoms with Crippen molar-refractivity contribution in [1.29, 1.82) is 0 Å². The zero-order chi connectivity index (χ0) is 24.4. The Balaban J connectivity index is 1.48. The van der Waals surface area contributed by atoms with Crippen LogP contribution in [0.15, 0.2) is 91.0 Å². The van der Waals surface area contributed by atoms with Crippen LogP contribution in [0.4, 0.5) is 0 Å². The molecule has 1 aromatic heterocycles. The number of carbonyl (C=O) groups is 1. The molecule has 35 heavy (non-hydrogen) atoms. The van der Waals surface area contributed by atoms with Crippen LogP contribution in [0, 0.1) is 0 Å². The lowest BCUT2D eigenvalue weighted by Crippen LogP contribution is -2.05. The Morgan fingerprint density at radius 2 is 1.57 bits per heavy atom. The highest BCUT2D eigenvalue weighted by atomic mass is 35.5. The molecule has 0 aliphatic heterocycles. The van der Waals surface area contributed by atoms with E-state index >= 15 is 0 Å². The van der Waals surface area contributed by atoms with Gasteiger partial charge in [0.25, 0.3) is 0 Å². The molecule has 0 aliphatic rings. The molecule has 174 valence electrons. The molecule has 4 aromatic carbocycles. The molecule has 0 radical (unpaired) electrons. The van der Waals surface area contributed by atoms with Gasteiger partial charge in [0.1, 0.15) is 5.82 Å². The Labute approximate surface area is 209 Å². The molecule has 0 unspecified atom stereocenters. The van der Waals surface area contributed by atoms with Crippen molar-refractivity contribution in [2.24, 2.45) is 0 Å². The second kappa shape index (κ2) is 9.77. The molecular formula is C30H25ClN2O2. The average Bonchev–Trinajstić information content (AvgIpc) is 3.21. The van der Waals surface area contributed by atoms with E-state index in [1.165, 1.54) is 0 Å². The number of halogens is 1. The summed E-state index contributed by atoms with van der Waals surface area (Å²) in [5.41, 5.74) is 7.37. The first kappa shape index (κ1) is 22.9. The zero-order valence-corrected chi connectivity index (χ0v) is 20.2. The number of hydrogen-bond donors (Lipinski definition) is 1. The van der Waals surface area contributed by atoms with Gasteiger partial charge in [0.15, 0.2) is 0 Å². The molecule has 0 fully saturated rings. The molecule has 1 N–H and O–H groups in total. The predicted octanol–water partition coefficient (Wildman–Crippen LogP) is 7.72. The summed E-state index contributed by atoms with van der Waals surface area (Å²) in [5, 5.41) is 10.2. The number of aromatic carboxylic acids is 1. The number of imidazole rings is 1. The van der Waals surface area contributed by atoms with E-state index in [-0.39, 0.29) is 0 Å². The molecule has 5 rings (SSSR count). The van der Waals surface area contributed by atoms with Crippen LogP contribution in [0.5, 0.6) is 0 Å². The van der Waals surface area contributed by atoms with Crippen molar-refractivity contribution in [3.8, 4) is 22.3 Å². The van der Waals surface area contributed by atoms with E-state index in [1.807, 2.05) is 48.5 Å². The van der Waals surface area contributed by atoms with Crippen LogP contribution >= 0.6 is 11.6 Å². The van der Waals surface area contributed by atoms with Gasteiger partial charge in [-0.25, -0.2) is 9.78 Å². The fourth-order valence-electron chi connectivity index (χ4n) is 4.49. The van der Waals surface area contributed by atoms with Crippen LogP contribution < -0.4 is 0 Å². The van der Waals surface area contributed by atoms with E-state index in [2.05, 4.69) is 41.8 Å². The minimum atomic E-state index is -0.920. The van der Waals surface area contributed by atoms with Crippen molar-refractivity contribution in [2.45, 2.75) is 26.3 Å². The zero-order valence-electron chi connectivity index (χ0n) is 19.4. The second-order valence-electron chi connectivity index (χ2n) is 8.62. The summed E-state index contributed by atoms with van der Waals surface area (Å²) >= 11 is 6.05. The first-order valence-corrected chi connectivity index (χ1v) is 12.1. The number of hydrogen-bond acceptors (Lipinski definition) is 2. The highest BCUT2D eigenvalue weighted by molar-refractivity contribution is 6.30. The Morgan fingerprint density at radius 3 is 2.29 bits per heavy atom. The van der Waals surface area contributed by atoms with Gasteiger partial charge in [-0.2, -0.15) is 0 Å². The number of benzene rings is 4. The lowest BCUT2D eigenvalue weighted by Gasteiger charge is -2.11. The van der Waals surface area contributed by atoms with Crippen molar-refractivity contribution in [3.63, 3.8) is 0 Å². The summed E-state index contributed by atoms with van der Waals surface area (Å²) in [6.07, 6.45) is 1.91. The lowest BCUT2D eigenvalue weighted by atomic mass is 9.98. The molecule has 0 saturated heterocycles. The maximum atomic E-state index is 11.6. The summed E-state index contributed by atoms with van der Waals surface area (Å²) in [5.74, 6) is 0.146. The molecule has 0 saturated carbocycles. The smallest absolute Gasteiger partial charge is 0.336 e. The normalized spacial score (nSPS) is 11.1.